The van der Waals surface area contributed by atoms with Crippen LogP contribution in [0.4, 0.5) is 35.0 Å². The van der Waals surface area contributed by atoms with Crippen LogP contribution in [0.2, 0.25) is 0 Å². The number of halogens is 4. The monoisotopic (exact) mass is 340 g/mol. The summed E-state index contributed by atoms with van der Waals surface area (Å²) in [5.41, 5.74) is -0.731. The fourth-order valence-corrected chi connectivity index (χ4v) is 2.69. The second-order valence-electron chi connectivity index (χ2n) is 5.72. The van der Waals surface area contributed by atoms with Gasteiger partial charge < -0.3 is 10.6 Å². The van der Waals surface area contributed by atoms with E-state index in [1.807, 2.05) is 0 Å². The highest BCUT2D eigenvalue weighted by Crippen LogP contribution is 2.31. The van der Waals surface area contributed by atoms with Gasteiger partial charge in [0.05, 0.1) is 0 Å². The van der Waals surface area contributed by atoms with E-state index in [0.717, 1.165) is 31.7 Å². The highest BCUT2D eigenvalue weighted by atomic mass is 19.4. The first-order valence-electron chi connectivity index (χ1n) is 7.65. The Bertz CT molecular complexity index is 711. The molecule has 2 N–H and O–H groups in total. The minimum Gasteiger partial charge on any atom is -0.351 e. The Morgan fingerprint density at radius 2 is 1.79 bits per heavy atom. The molecule has 3 rings (SSSR count). The van der Waals surface area contributed by atoms with Gasteiger partial charge in [-0.1, -0.05) is 18.9 Å². The molecule has 0 saturated heterocycles. The molecule has 128 valence electrons. The molecule has 1 aliphatic carbocycles. The summed E-state index contributed by atoms with van der Waals surface area (Å²) < 4.78 is 52.4. The fraction of sp³-hybridized carbons (Fsp3) is 0.375. The van der Waals surface area contributed by atoms with Crippen LogP contribution in [-0.4, -0.2) is 16.0 Å². The summed E-state index contributed by atoms with van der Waals surface area (Å²) in [7, 11) is 0. The molecular formula is C16H16F4N4. The van der Waals surface area contributed by atoms with Crippen molar-refractivity contribution in [3.8, 4) is 0 Å². The van der Waals surface area contributed by atoms with Gasteiger partial charge in [0.25, 0.3) is 0 Å². The van der Waals surface area contributed by atoms with Crippen LogP contribution >= 0.6 is 0 Å². The van der Waals surface area contributed by atoms with E-state index >= 15 is 0 Å². The summed E-state index contributed by atoms with van der Waals surface area (Å²) in [5, 5.41) is 5.65. The van der Waals surface area contributed by atoms with Crippen LogP contribution in [0.1, 0.15) is 31.4 Å². The van der Waals surface area contributed by atoms with E-state index in [1.54, 1.807) is 6.07 Å². The molecule has 2 aromatic rings. The summed E-state index contributed by atoms with van der Waals surface area (Å²) in [6, 6.07) is 6.32. The smallest absolute Gasteiger partial charge is 0.351 e. The molecule has 1 heterocycles. The Morgan fingerprint density at radius 1 is 1.04 bits per heavy atom. The molecule has 4 nitrogen and oxygen atoms in total. The summed E-state index contributed by atoms with van der Waals surface area (Å²) in [6.07, 6.45) is -0.762. The Balaban J connectivity index is 1.88. The number of aromatic nitrogens is 2. The molecule has 0 amide bonds. The Kier molecular flexibility index (Phi) is 4.55. The van der Waals surface area contributed by atoms with Gasteiger partial charge in [0, 0.05) is 17.8 Å². The Morgan fingerprint density at radius 3 is 2.46 bits per heavy atom. The van der Waals surface area contributed by atoms with E-state index in [2.05, 4.69) is 20.6 Å². The van der Waals surface area contributed by atoms with Gasteiger partial charge in [-0.05, 0) is 31.0 Å². The second kappa shape index (κ2) is 6.62. The van der Waals surface area contributed by atoms with Crippen molar-refractivity contribution in [1.29, 1.82) is 0 Å². The molecule has 0 radical (unpaired) electrons. The normalized spacial score (nSPS) is 15.5. The second-order valence-corrected chi connectivity index (χ2v) is 5.72. The molecule has 0 unspecified atom stereocenters. The minimum absolute atomic E-state index is 0.0385. The zero-order valence-corrected chi connectivity index (χ0v) is 12.7. The molecule has 8 heteroatoms. The van der Waals surface area contributed by atoms with Crippen molar-refractivity contribution in [2.24, 2.45) is 0 Å². The molecule has 0 aliphatic heterocycles. The van der Waals surface area contributed by atoms with Gasteiger partial charge in [-0.3, -0.25) is 0 Å². The van der Waals surface area contributed by atoms with Crippen LogP contribution in [0, 0.1) is 5.82 Å². The molecule has 0 atom stereocenters. The third kappa shape index (κ3) is 4.12. The van der Waals surface area contributed by atoms with Crippen molar-refractivity contribution in [3.63, 3.8) is 0 Å². The van der Waals surface area contributed by atoms with Gasteiger partial charge in [-0.2, -0.15) is 18.2 Å². The maximum atomic E-state index is 13.2. The van der Waals surface area contributed by atoms with E-state index in [1.165, 1.54) is 18.2 Å². The van der Waals surface area contributed by atoms with Gasteiger partial charge in [0.15, 0.2) is 5.69 Å². The standard InChI is InChI=1S/C16H16F4N4/c17-10-4-3-7-12(8-10)21-14-9-13(16(18,19)20)23-15(24-14)22-11-5-1-2-6-11/h3-4,7-9,11H,1-2,5-6H2,(H2,21,22,23,24). The first kappa shape index (κ1) is 16.5. The number of alkyl halides is 3. The average Bonchev–Trinajstić information content (AvgIpc) is 2.99. The number of hydrogen-bond acceptors (Lipinski definition) is 4. The van der Waals surface area contributed by atoms with E-state index in [-0.39, 0.29) is 17.8 Å². The largest absolute Gasteiger partial charge is 0.433 e. The lowest BCUT2D eigenvalue weighted by Crippen LogP contribution is -2.19. The van der Waals surface area contributed by atoms with Crippen LogP contribution in [0.3, 0.4) is 0 Å². The van der Waals surface area contributed by atoms with Crippen molar-refractivity contribution in [2.75, 3.05) is 10.6 Å². The Labute approximate surface area is 136 Å². The van der Waals surface area contributed by atoms with Gasteiger partial charge in [0.2, 0.25) is 5.95 Å². The maximum Gasteiger partial charge on any atom is 0.433 e. The molecular weight excluding hydrogens is 324 g/mol. The van der Waals surface area contributed by atoms with Gasteiger partial charge in [-0.25, -0.2) is 9.37 Å². The highest BCUT2D eigenvalue weighted by Gasteiger charge is 2.34. The molecule has 0 spiro atoms. The first-order valence-corrected chi connectivity index (χ1v) is 7.65. The number of nitrogens with one attached hydrogen (secondary N) is 2. The van der Waals surface area contributed by atoms with Crippen LogP contribution in [0.15, 0.2) is 30.3 Å². The zero-order chi connectivity index (χ0) is 17.2. The highest BCUT2D eigenvalue weighted by molar-refractivity contribution is 5.57. The Hall–Kier alpha value is -2.38. The van der Waals surface area contributed by atoms with Crippen LogP contribution in [0.5, 0.6) is 0 Å². The summed E-state index contributed by atoms with van der Waals surface area (Å²) >= 11 is 0. The van der Waals surface area contributed by atoms with E-state index in [0.29, 0.717) is 5.69 Å². The number of anilines is 3. The van der Waals surface area contributed by atoms with Crippen molar-refractivity contribution < 1.29 is 17.6 Å². The molecule has 1 saturated carbocycles. The molecule has 1 aromatic carbocycles. The lowest BCUT2D eigenvalue weighted by molar-refractivity contribution is -0.141. The molecule has 1 aromatic heterocycles. The summed E-state index contributed by atoms with van der Waals surface area (Å²) in [6.45, 7) is 0. The number of benzene rings is 1. The van der Waals surface area contributed by atoms with E-state index in [9.17, 15) is 17.6 Å². The predicted octanol–water partition coefficient (Wildman–Crippen LogP) is 4.73. The average molecular weight is 340 g/mol. The van der Waals surface area contributed by atoms with Gasteiger partial charge >= 0.3 is 6.18 Å². The van der Waals surface area contributed by atoms with Crippen molar-refractivity contribution in [1.82, 2.24) is 9.97 Å². The third-order valence-corrected chi connectivity index (χ3v) is 3.80. The fourth-order valence-electron chi connectivity index (χ4n) is 2.69. The molecule has 24 heavy (non-hydrogen) atoms. The van der Waals surface area contributed by atoms with E-state index < -0.39 is 17.7 Å². The quantitative estimate of drug-likeness (QED) is 0.790. The summed E-state index contributed by atoms with van der Waals surface area (Å²) in [4.78, 5) is 7.65. The minimum atomic E-state index is -4.59. The van der Waals surface area contributed by atoms with Crippen LogP contribution < -0.4 is 10.6 Å². The van der Waals surface area contributed by atoms with E-state index in [4.69, 9.17) is 0 Å². The number of hydrogen-bond donors (Lipinski definition) is 2. The van der Waals surface area contributed by atoms with Crippen molar-refractivity contribution >= 4 is 17.5 Å². The first-order chi connectivity index (χ1) is 11.4. The van der Waals surface area contributed by atoms with Crippen LogP contribution in [0.25, 0.3) is 0 Å². The zero-order valence-electron chi connectivity index (χ0n) is 12.7. The maximum absolute atomic E-state index is 13.2. The van der Waals surface area contributed by atoms with Crippen molar-refractivity contribution in [2.45, 2.75) is 37.9 Å². The van der Waals surface area contributed by atoms with Gasteiger partial charge in [-0.15, -0.1) is 0 Å². The van der Waals surface area contributed by atoms with Gasteiger partial charge in [0.1, 0.15) is 11.6 Å². The number of rotatable bonds is 4. The molecule has 1 aliphatic rings. The predicted molar refractivity (Wildman–Crippen MR) is 82.6 cm³/mol. The molecule has 0 bridgehead atoms. The lowest BCUT2D eigenvalue weighted by atomic mass is 10.2. The summed E-state index contributed by atoms with van der Waals surface area (Å²) in [5.74, 6) is -0.603. The molecule has 1 fully saturated rings. The van der Waals surface area contributed by atoms with Crippen LogP contribution in [-0.2, 0) is 6.18 Å². The SMILES string of the molecule is Fc1cccc(Nc2cc(C(F)(F)F)nc(NC3CCCC3)n2)c1. The lowest BCUT2D eigenvalue weighted by Gasteiger charge is -2.15. The third-order valence-electron chi connectivity index (χ3n) is 3.80. The number of nitrogens with zero attached hydrogens (tertiary/aromatic N) is 2. The van der Waals surface area contributed by atoms with Crippen molar-refractivity contribution in [3.05, 3.63) is 41.8 Å². The topological polar surface area (TPSA) is 49.8 Å².